The van der Waals surface area contributed by atoms with E-state index in [0.717, 1.165) is 54.1 Å². The predicted octanol–water partition coefficient (Wildman–Crippen LogP) is 3.84. The summed E-state index contributed by atoms with van der Waals surface area (Å²) in [5, 5.41) is 4.24. The predicted molar refractivity (Wildman–Crippen MR) is 126 cm³/mol. The third kappa shape index (κ3) is 4.55. The summed E-state index contributed by atoms with van der Waals surface area (Å²) >= 11 is 0. The van der Waals surface area contributed by atoms with Crippen molar-refractivity contribution in [2.45, 2.75) is 51.2 Å². The number of hydrogen-bond donors (Lipinski definition) is 2. The minimum atomic E-state index is -0.440. The zero-order valence-corrected chi connectivity index (χ0v) is 19.1. The molecule has 174 valence electrons. The summed E-state index contributed by atoms with van der Waals surface area (Å²) < 4.78 is 5.72. The van der Waals surface area contributed by atoms with E-state index >= 15 is 0 Å². The van der Waals surface area contributed by atoms with Crippen molar-refractivity contribution in [2.24, 2.45) is 5.92 Å². The molecule has 2 saturated heterocycles. The Hall–Kier alpha value is -3.06. The van der Waals surface area contributed by atoms with Gasteiger partial charge in [0.05, 0.1) is 12.3 Å². The maximum absolute atomic E-state index is 13.2. The number of fused-ring (bicyclic) bond motifs is 1. The lowest BCUT2D eigenvalue weighted by molar-refractivity contribution is -0.135. The van der Waals surface area contributed by atoms with Gasteiger partial charge in [0.2, 0.25) is 11.8 Å². The van der Waals surface area contributed by atoms with Gasteiger partial charge in [0, 0.05) is 36.6 Å². The second kappa shape index (κ2) is 9.43. The lowest BCUT2D eigenvalue weighted by Crippen LogP contribution is -2.47. The van der Waals surface area contributed by atoms with Gasteiger partial charge in [-0.2, -0.15) is 0 Å². The van der Waals surface area contributed by atoms with Crippen LogP contribution in [0.1, 0.15) is 50.0 Å². The van der Waals surface area contributed by atoms with Gasteiger partial charge in [0.1, 0.15) is 11.8 Å². The third-order valence-electron chi connectivity index (χ3n) is 7.25. The minimum absolute atomic E-state index is 0.00984. The second-order valence-corrected chi connectivity index (χ2v) is 9.43. The highest BCUT2D eigenvalue weighted by molar-refractivity contribution is 5.91. The van der Waals surface area contributed by atoms with Crippen LogP contribution in [0.25, 0.3) is 10.9 Å². The number of furan rings is 1. The van der Waals surface area contributed by atoms with Crippen LogP contribution in [0.15, 0.2) is 53.3 Å². The van der Waals surface area contributed by atoms with Crippen LogP contribution in [0.2, 0.25) is 0 Å². The van der Waals surface area contributed by atoms with E-state index in [9.17, 15) is 9.59 Å². The number of nitrogens with zero attached hydrogens (tertiary/aromatic N) is 2. The molecule has 7 nitrogen and oxygen atoms in total. The van der Waals surface area contributed by atoms with Gasteiger partial charge in [-0.15, -0.1) is 0 Å². The van der Waals surface area contributed by atoms with Gasteiger partial charge in [-0.3, -0.25) is 14.5 Å². The minimum Gasteiger partial charge on any atom is -0.468 e. The summed E-state index contributed by atoms with van der Waals surface area (Å²) in [4.78, 5) is 33.3. The van der Waals surface area contributed by atoms with Crippen LogP contribution < -0.4 is 5.32 Å². The van der Waals surface area contributed by atoms with E-state index in [0.29, 0.717) is 25.9 Å². The average molecular weight is 449 g/mol. The van der Waals surface area contributed by atoms with Gasteiger partial charge in [-0.05, 0) is 62.0 Å². The number of piperidine rings is 1. The molecule has 0 spiro atoms. The summed E-state index contributed by atoms with van der Waals surface area (Å²) in [6, 6.07) is 11.5. The Labute approximate surface area is 194 Å². The Bertz CT molecular complexity index is 1100. The van der Waals surface area contributed by atoms with Crippen molar-refractivity contribution in [2.75, 3.05) is 19.6 Å². The van der Waals surface area contributed by atoms with Crippen LogP contribution >= 0.6 is 0 Å². The van der Waals surface area contributed by atoms with Crippen molar-refractivity contribution >= 4 is 22.7 Å². The van der Waals surface area contributed by atoms with E-state index in [1.54, 1.807) is 11.2 Å². The molecule has 3 aromatic rings. The van der Waals surface area contributed by atoms with Crippen LogP contribution in [0.5, 0.6) is 0 Å². The number of likely N-dealkylation sites (tertiary alicyclic amines) is 2. The highest BCUT2D eigenvalue weighted by Gasteiger charge is 2.37. The maximum atomic E-state index is 13.2. The van der Waals surface area contributed by atoms with Crippen LogP contribution in [-0.2, 0) is 16.1 Å². The van der Waals surface area contributed by atoms with Crippen molar-refractivity contribution in [1.82, 2.24) is 20.1 Å². The lowest BCUT2D eigenvalue weighted by atomic mass is 9.97. The lowest BCUT2D eigenvalue weighted by Gasteiger charge is -2.36. The number of para-hydroxylation sites is 1. The Morgan fingerprint density at radius 1 is 1.18 bits per heavy atom. The Balaban J connectivity index is 1.27. The quantitative estimate of drug-likeness (QED) is 0.575. The second-order valence-electron chi connectivity index (χ2n) is 9.43. The molecule has 2 atom stereocenters. The molecule has 0 bridgehead atoms. The molecule has 2 aromatic heterocycles. The van der Waals surface area contributed by atoms with Crippen LogP contribution in [0.4, 0.5) is 0 Å². The molecule has 4 heterocycles. The van der Waals surface area contributed by atoms with E-state index in [2.05, 4.69) is 22.1 Å². The van der Waals surface area contributed by atoms with Crippen LogP contribution in [-0.4, -0.2) is 52.3 Å². The Morgan fingerprint density at radius 3 is 2.79 bits per heavy atom. The third-order valence-corrected chi connectivity index (χ3v) is 7.25. The van der Waals surface area contributed by atoms with Gasteiger partial charge in [-0.1, -0.05) is 25.1 Å². The van der Waals surface area contributed by atoms with Crippen molar-refractivity contribution in [1.29, 1.82) is 0 Å². The molecule has 2 fully saturated rings. The molecule has 2 N–H and O–H groups in total. The molecule has 2 aliphatic rings. The fraction of sp³-hybridized carbons (Fsp3) is 0.462. The topological polar surface area (TPSA) is 81.6 Å². The molecule has 0 radical (unpaired) electrons. The molecule has 0 saturated carbocycles. The first-order chi connectivity index (χ1) is 16.1. The van der Waals surface area contributed by atoms with Gasteiger partial charge >= 0.3 is 0 Å². The molecule has 2 amide bonds. The van der Waals surface area contributed by atoms with Crippen molar-refractivity contribution in [3.8, 4) is 0 Å². The molecule has 2 aliphatic heterocycles. The Kier molecular flexibility index (Phi) is 6.22. The first kappa shape index (κ1) is 21.8. The molecule has 0 aliphatic carbocycles. The number of amides is 2. The van der Waals surface area contributed by atoms with Crippen molar-refractivity contribution in [3.05, 3.63) is 60.2 Å². The van der Waals surface area contributed by atoms with Crippen LogP contribution in [0.3, 0.4) is 0 Å². The van der Waals surface area contributed by atoms with Gasteiger partial charge in [0.15, 0.2) is 0 Å². The van der Waals surface area contributed by atoms with Gasteiger partial charge < -0.3 is 19.6 Å². The summed E-state index contributed by atoms with van der Waals surface area (Å²) in [5.41, 5.74) is 2.08. The molecule has 33 heavy (non-hydrogen) atoms. The highest BCUT2D eigenvalue weighted by atomic mass is 16.3. The number of aromatic nitrogens is 1. The number of H-pyrrole nitrogens is 1. The smallest absolute Gasteiger partial charge is 0.242 e. The normalized spacial score (nSPS) is 21.1. The SMILES string of the molecule is CC1CCN(C(CNC(=O)C2CCC(=O)N2Cc2c[nH]c3ccccc23)c2ccco2)CC1. The average Bonchev–Trinajstić information content (AvgIpc) is 3.57. The van der Waals surface area contributed by atoms with Gasteiger partial charge in [-0.25, -0.2) is 0 Å². The molecule has 2 unspecified atom stereocenters. The van der Waals surface area contributed by atoms with E-state index in [4.69, 9.17) is 4.42 Å². The Morgan fingerprint density at radius 2 is 2.00 bits per heavy atom. The highest BCUT2D eigenvalue weighted by Crippen LogP contribution is 2.28. The molecular formula is C26H32N4O3. The van der Waals surface area contributed by atoms with E-state index in [1.165, 1.54) is 0 Å². The number of carbonyl (C=O) groups excluding carboxylic acids is 2. The summed E-state index contributed by atoms with van der Waals surface area (Å²) in [7, 11) is 0. The number of benzene rings is 1. The van der Waals surface area contributed by atoms with Crippen molar-refractivity contribution < 1.29 is 14.0 Å². The zero-order valence-electron chi connectivity index (χ0n) is 19.1. The molecule has 7 heteroatoms. The first-order valence-electron chi connectivity index (χ1n) is 12.0. The van der Waals surface area contributed by atoms with Crippen molar-refractivity contribution in [3.63, 3.8) is 0 Å². The van der Waals surface area contributed by atoms with E-state index in [-0.39, 0.29) is 17.9 Å². The number of carbonyl (C=O) groups is 2. The largest absolute Gasteiger partial charge is 0.468 e. The standard InChI is InChI=1S/C26H32N4O3/c1-18-10-12-29(13-11-18)23(24-7-4-14-33-24)16-28-26(32)22-8-9-25(31)30(22)17-19-15-27-21-6-3-2-5-20(19)21/h2-7,14-15,18,22-23,27H,8-13,16-17H2,1H3,(H,28,32). The fourth-order valence-electron chi connectivity index (χ4n) is 5.20. The van der Waals surface area contributed by atoms with E-state index in [1.807, 2.05) is 42.6 Å². The zero-order chi connectivity index (χ0) is 22.8. The summed E-state index contributed by atoms with van der Waals surface area (Å²) in [6.45, 7) is 5.20. The monoisotopic (exact) mass is 448 g/mol. The number of nitrogens with one attached hydrogen (secondary N) is 2. The number of hydrogen-bond acceptors (Lipinski definition) is 4. The van der Waals surface area contributed by atoms with Gasteiger partial charge in [0.25, 0.3) is 0 Å². The fourth-order valence-corrected chi connectivity index (χ4v) is 5.20. The molecule has 1 aromatic carbocycles. The molecular weight excluding hydrogens is 416 g/mol. The summed E-state index contributed by atoms with van der Waals surface area (Å²) in [5.74, 6) is 1.56. The van der Waals surface area contributed by atoms with Crippen LogP contribution in [0, 0.1) is 5.92 Å². The maximum Gasteiger partial charge on any atom is 0.242 e. The molecule has 5 rings (SSSR count). The summed E-state index contributed by atoms with van der Waals surface area (Å²) in [6.07, 6.45) is 6.90. The van der Waals surface area contributed by atoms with E-state index < -0.39 is 6.04 Å². The first-order valence-corrected chi connectivity index (χ1v) is 12.0. The number of aromatic amines is 1. The number of rotatable bonds is 7.